The summed E-state index contributed by atoms with van der Waals surface area (Å²) >= 11 is 0. The molecule has 262 valence electrons. The van der Waals surface area contributed by atoms with Gasteiger partial charge in [0.1, 0.15) is 11.2 Å². The van der Waals surface area contributed by atoms with E-state index < -0.39 is 42.3 Å². The van der Waals surface area contributed by atoms with E-state index in [9.17, 15) is 0 Å². The molecule has 5 nitrogen and oxygen atoms in total. The Morgan fingerprint density at radius 1 is 0.411 bits per heavy atom. The van der Waals surface area contributed by atoms with Crippen molar-refractivity contribution in [2.75, 3.05) is 0 Å². The van der Waals surface area contributed by atoms with E-state index in [1.54, 1.807) is 48.5 Å². The molecule has 8 aromatic carbocycles. The highest BCUT2D eigenvalue weighted by molar-refractivity contribution is 6.10. The molecule has 56 heavy (non-hydrogen) atoms. The number of furan rings is 1. The summed E-state index contributed by atoms with van der Waals surface area (Å²) < 4.78 is 111. The first-order valence-electron chi connectivity index (χ1n) is 23.8. The van der Waals surface area contributed by atoms with Crippen LogP contribution >= 0.6 is 0 Å². The van der Waals surface area contributed by atoms with Gasteiger partial charge < -0.3 is 8.98 Å². The van der Waals surface area contributed by atoms with Gasteiger partial charge in [-0.2, -0.15) is 0 Å². The molecule has 0 amide bonds. The van der Waals surface area contributed by atoms with Crippen molar-refractivity contribution in [2.45, 2.75) is 0 Å². The van der Waals surface area contributed by atoms with Gasteiger partial charge in [0, 0.05) is 43.8 Å². The third-order valence-corrected chi connectivity index (χ3v) is 9.87. The summed E-state index contributed by atoms with van der Waals surface area (Å²) in [7, 11) is 0. The van der Waals surface area contributed by atoms with Gasteiger partial charge in [0.05, 0.1) is 33.2 Å². The van der Waals surface area contributed by atoms with Crippen LogP contribution in [0.3, 0.4) is 0 Å². The molecule has 0 aliphatic rings. The molecule has 3 aromatic heterocycles. The lowest BCUT2D eigenvalue weighted by Gasteiger charge is -2.15. The van der Waals surface area contributed by atoms with E-state index in [0.717, 1.165) is 27.5 Å². The Labute approximate surface area is 339 Å². The van der Waals surface area contributed by atoms with E-state index in [2.05, 4.69) is 0 Å². The summed E-state index contributed by atoms with van der Waals surface area (Å²) in [4.78, 5) is 15.1. The Kier molecular flexibility index (Phi) is 5.10. The number of fused-ring (bicyclic) bond motifs is 6. The molecule has 0 bridgehead atoms. The summed E-state index contributed by atoms with van der Waals surface area (Å²) in [5.41, 5.74) is 5.46. The Hall–Kier alpha value is -7.63. The average Bonchev–Trinajstić information content (AvgIpc) is 3.93. The fraction of sp³-hybridized carbons (Fsp3) is 0. The number of para-hydroxylation sites is 5. The predicted octanol–water partition coefficient (Wildman–Crippen LogP) is 13.2. The first kappa shape index (κ1) is 21.9. The van der Waals surface area contributed by atoms with Crippen molar-refractivity contribution in [1.29, 1.82) is 0 Å². The average molecular weight is 729 g/mol. The first-order chi connectivity index (χ1) is 32.7. The Bertz CT molecular complexity index is 3930. The lowest BCUT2D eigenvalue weighted by atomic mass is 10.00. The van der Waals surface area contributed by atoms with Crippen LogP contribution < -0.4 is 0 Å². The molecule has 11 aromatic rings. The largest absolute Gasteiger partial charge is 0.455 e. The van der Waals surface area contributed by atoms with Gasteiger partial charge in [0.15, 0.2) is 17.5 Å². The number of benzene rings is 8. The van der Waals surface area contributed by atoms with Crippen molar-refractivity contribution in [1.82, 2.24) is 19.5 Å². The Morgan fingerprint density at radius 3 is 1.95 bits per heavy atom. The molecule has 0 atom stereocenters. The van der Waals surface area contributed by atoms with Gasteiger partial charge in [0.2, 0.25) is 0 Å². The predicted molar refractivity (Wildman–Crippen MR) is 229 cm³/mol. The fourth-order valence-electron chi connectivity index (χ4n) is 7.30. The van der Waals surface area contributed by atoms with Crippen LogP contribution in [0, 0.1) is 0 Å². The molecular weight excluding hydrogens is 685 g/mol. The highest BCUT2D eigenvalue weighted by Crippen LogP contribution is 2.39. The lowest BCUT2D eigenvalue weighted by molar-refractivity contribution is 0.670. The fourth-order valence-corrected chi connectivity index (χ4v) is 7.30. The summed E-state index contributed by atoms with van der Waals surface area (Å²) in [6.45, 7) is 0. The lowest BCUT2D eigenvalue weighted by Crippen LogP contribution is -2.03. The van der Waals surface area contributed by atoms with Gasteiger partial charge >= 0.3 is 0 Å². The van der Waals surface area contributed by atoms with Crippen molar-refractivity contribution in [3.8, 4) is 62.1 Å². The maximum absolute atomic E-state index is 9.14. The van der Waals surface area contributed by atoms with Gasteiger partial charge in [-0.05, 0) is 53.0 Å². The van der Waals surface area contributed by atoms with Crippen LogP contribution in [0.25, 0.3) is 106 Å². The van der Waals surface area contributed by atoms with E-state index in [4.69, 9.17) is 35.8 Å². The normalized spacial score (nSPS) is 14.6. The molecule has 0 spiro atoms. The van der Waals surface area contributed by atoms with Crippen molar-refractivity contribution in [2.24, 2.45) is 0 Å². The van der Waals surface area contributed by atoms with Crippen LogP contribution in [-0.4, -0.2) is 19.5 Å². The maximum atomic E-state index is 9.14. The molecule has 11 rings (SSSR count). The second-order valence-electron chi connectivity index (χ2n) is 13.1. The monoisotopic (exact) mass is 728 g/mol. The van der Waals surface area contributed by atoms with E-state index in [1.807, 2.05) is 66.7 Å². The molecule has 0 N–H and O–H groups in total. The molecule has 0 unspecified atom stereocenters. The second-order valence-corrected chi connectivity index (χ2v) is 13.1. The molecule has 0 saturated heterocycles. The third-order valence-electron chi connectivity index (χ3n) is 9.87. The highest BCUT2D eigenvalue weighted by Gasteiger charge is 2.20. The minimum Gasteiger partial charge on any atom is -0.455 e. The standard InChI is InChI=1S/C51H32N4O/c1-2-14-33(15-3-1)34-28-30-35(31-29-34)49-52-50(37-17-12-16-36(32-37)38-22-13-23-42-41-20-7-11-27-47(41)56-48(38)42)54-51(53-49)43-21-6-10-26-46(43)55-44-24-8-4-18-39(44)40-19-5-9-25-45(40)55/h1-32H/i1D,2D,3D,4D,5D,8D,14D,15D,18D,19D,24D,25D. The SMILES string of the molecule is [2H]c1cc([2H])c2c(c1[2H])c1c([2H])c([2H])c([2H])c([2H])c1n2-c1ccccc1-c1nc(-c2ccc(-c3c([2H])c([2H])c([2H])c([2H])c3[2H])cc2)nc(-c2cccc(-c3cccc4c3oc3ccccc34)c2)n1. The molecule has 0 aliphatic carbocycles. The molecule has 0 saturated carbocycles. The zero-order valence-electron chi connectivity index (χ0n) is 41.2. The van der Waals surface area contributed by atoms with Crippen LogP contribution in [0.5, 0.6) is 0 Å². The van der Waals surface area contributed by atoms with E-state index in [1.165, 1.54) is 10.6 Å². The Balaban J connectivity index is 1.15. The van der Waals surface area contributed by atoms with Crippen molar-refractivity contribution < 1.29 is 20.9 Å². The minimum absolute atomic E-state index is 0.000851. The van der Waals surface area contributed by atoms with Crippen molar-refractivity contribution in [3.05, 3.63) is 194 Å². The molecule has 3 heterocycles. The number of nitrogens with zero attached hydrogens (tertiary/aromatic N) is 4. The van der Waals surface area contributed by atoms with Crippen LogP contribution in [-0.2, 0) is 0 Å². The molecule has 0 fully saturated rings. The van der Waals surface area contributed by atoms with Crippen LogP contribution in [0.2, 0.25) is 0 Å². The van der Waals surface area contributed by atoms with E-state index in [-0.39, 0.29) is 75.1 Å². The zero-order chi connectivity index (χ0) is 47.4. The second kappa shape index (κ2) is 13.0. The van der Waals surface area contributed by atoms with Gasteiger partial charge in [-0.15, -0.1) is 0 Å². The zero-order valence-corrected chi connectivity index (χ0v) is 29.2. The van der Waals surface area contributed by atoms with E-state index in [0.29, 0.717) is 33.5 Å². The van der Waals surface area contributed by atoms with Crippen molar-refractivity contribution >= 4 is 43.7 Å². The molecule has 0 radical (unpaired) electrons. The Morgan fingerprint density at radius 2 is 1.05 bits per heavy atom. The van der Waals surface area contributed by atoms with Crippen molar-refractivity contribution in [3.63, 3.8) is 0 Å². The third kappa shape index (κ3) is 5.29. The number of hydrogen-bond acceptors (Lipinski definition) is 4. The van der Waals surface area contributed by atoms with Gasteiger partial charge in [-0.25, -0.2) is 15.0 Å². The maximum Gasteiger partial charge on any atom is 0.166 e. The van der Waals surface area contributed by atoms with Crippen LogP contribution in [0.4, 0.5) is 0 Å². The topological polar surface area (TPSA) is 56.7 Å². The summed E-state index contributed by atoms with van der Waals surface area (Å²) in [5, 5.41) is 1.98. The van der Waals surface area contributed by atoms with Gasteiger partial charge in [-0.1, -0.05) is 157 Å². The highest BCUT2D eigenvalue weighted by atomic mass is 16.3. The number of aromatic nitrogens is 4. The summed E-state index contributed by atoms with van der Waals surface area (Å²) in [6.07, 6.45) is 0. The molecular formula is C51H32N4O. The quantitative estimate of drug-likeness (QED) is 0.171. The number of hydrogen-bond donors (Lipinski definition) is 0. The molecule has 5 heteroatoms. The summed E-state index contributed by atoms with van der Waals surface area (Å²) in [6, 6.07) is 31.6. The summed E-state index contributed by atoms with van der Waals surface area (Å²) in [5.74, 6) is 0.603. The first-order valence-corrected chi connectivity index (χ1v) is 17.8. The van der Waals surface area contributed by atoms with Crippen LogP contribution in [0.15, 0.2) is 198 Å². The minimum atomic E-state index is -0.515. The van der Waals surface area contributed by atoms with Gasteiger partial charge in [0.25, 0.3) is 0 Å². The van der Waals surface area contributed by atoms with Crippen LogP contribution in [0.1, 0.15) is 16.4 Å². The van der Waals surface area contributed by atoms with Gasteiger partial charge in [-0.3, -0.25) is 0 Å². The molecule has 0 aliphatic heterocycles. The van der Waals surface area contributed by atoms with E-state index >= 15 is 0 Å². The smallest absolute Gasteiger partial charge is 0.166 e. The number of rotatable bonds is 6.